The molecule has 1 rings (SSSR count). The number of hydrogen-bond donors (Lipinski definition) is 1. The predicted octanol–water partition coefficient (Wildman–Crippen LogP) is 1.12. The summed E-state index contributed by atoms with van der Waals surface area (Å²) < 4.78 is 1.97. The first-order chi connectivity index (χ1) is 8.15. The molecule has 0 aliphatic rings. The minimum Gasteiger partial charge on any atom is -0.309 e. The van der Waals surface area contributed by atoms with Crippen molar-refractivity contribution in [2.75, 3.05) is 20.1 Å². The molecule has 1 N–H and O–H groups in total. The van der Waals surface area contributed by atoms with Gasteiger partial charge in [-0.1, -0.05) is 6.92 Å². The lowest BCUT2D eigenvalue weighted by molar-refractivity contribution is 0.272. The molecule has 0 radical (unpaired) electrons. The zero-order valence-electron chi connectivity index (χ0n) is 11.5. The van der Waals surface area contributed by atoms with E-state index < -0.39 is 0 Å². The number of nitrogens with one attached hydrogen (secondary N) is 1. The molecule has 0 saturated carbocycles. The van der Waals surface area contributed by atoms with Crippen molar-refractivity contribution < 1.29 is 0 Å². The molecule has 1 heterocycles. The average molecular weight is 239 g/mol. The Labute approximate surface area is 104 Å². The minimum atomic E-state index is 0.598. The summed E-state index contributed by atoms with van der Waals surface area (Å²) in [5.74, 6) is 1.03. The Morgan fingerprint density at radius 3 is 2.88 bits per heavy atom. The van der Waals surface area contributed by atoms with Crippen LogP contribution < -0.4 is 5.32 Å². The summed E-state index contributed by atoms with van der Waals surface area (Å²) in [6.07, 6.45) is 2.72. The third-order valence-corrected chi connectivity index (χ3v) is 2.94. The lowest BCUT2D eigenvalue weighted by Crippen LogP contribution is -2.33. The van der Waals surface area contributed by atoms with Gasteiger partial charge in [0.05, 0.1) is 6.54 Å². The maximum Gasteiger partial charge on any atom is 0.140 e. The Balaban J connectivity index is 2.24. The Morgan fingerprint density at radius 2 is 2.24 bits per heavy atom. The van der Waals surface area contributed by atoms with Crippen molar-refractivity contribution in [1.82, 2.24) is 25.0 Å². The molecule has 0 fully saturated rings. The van der Waals surface area contributed by atoms with E-state index in [1.165, 1.54) is 0 Å². The van der Waals surface area contributed by atoms with Crippen molar-refractivity contribution in [3.63, 3.8) is 0 Å². The standard InChI is InChI=1S/C12H25N5/c1-5-7-17-12(14-10-15-17)9-13-6-8-16(4)11(2)3/h10-11,13H,5-9H2,1-4H3. The highest BCUT2D eigenvalue weighted by atomic mass is 15.3. The monoisotopic (exact) mass is 239 g/mol. The lowest BCUT2D eigenvalue weighted by atomic mass is 10.3. The highest BCUT2D eigenvalue weighted by Crippen LogP contribution is 1.96. The number of likely N-dealkylation sites (N-methyl/N-ethyl adjacent to an activating group) is 1. The molecule has 0 aliphatic heterocycles. The highest BCUT2D eigenvalue weighted by molar-refractivity contribution is 4.83. The molecule has 0 unspecified atom stereocenters. The van der Waals surface area contributed by atoms with Crippen LogP contribution in [0.3, 0.4) is 0 Å². The van der Waals surface area contributed by atoms with Crippen LogP contribution in [-0.4, -0.2) is 45.8 Å². The number of nitrogens with zero attached hydrogens (tertiary/aromatic N) is 4. The summed E-state index contributed by atoms with van der Waals surface area (Å²) in [6.45, 7) is 10.3. The Hall–Kier alpha value is -0.940. The van der Waals surface area contributed by atoms with Crippen LogP contribution in [0.1, 0.15) is 33.0 Å². The molecule has 98 valence electrons. The normalized spacial score (nSPS) is 11.6. The maximum atomic E-state index is 4.26. The number of hydrogen-bond acceptors (Lipinski definition) is 4. The topological polar surface area (TPSA) is 46.0 Å². The average Bonchev–Trinajstić information content (AvgIpc) is 2.72. The van der Waals surface area contributed by atoms with Gasteiger partial charge in [-0.25, -0.2) is 9.67 Å². The SMILES string of the molecule is CCCn1ncnc1CNCCN(C)C(C)C. The van der Waals surface area contributed by atoms with Crippen LogP contribution in [0.2, 0.25) is 0 Å². The molecule has 17 heavy (non-hydrogen) atoms. The van der Waals surface area contributed by atoms with Gasteiger partial charge in [-0.05, 0) is 27.3 Å². The molecular formula is C12H25N5. The minimum absolute atomic E-state index is 0.598. The van der Waals surface area contributed by atoms with Crippen molar-refractivity contribution in [1.29, 1.82) is 0 Å². The van der Waals surface area contributed by atoms with Crippen molar-refractivity contribution in [3.8, 4) is 0 Å². The van der Waals surface area contributed by atoms with Crippen molar-refractivity contribution >= 4 is 0 Å². The molecule has 5 nitrogen and oxygen atoms in total. The second-order valence-corrected chi connectivity index (χ2v) is 4.65. The van der Waals surface area contributed by atoms with Crippen LogP contribution in [-0.2, 0) is 13.1 Å². The van der Waals surface area contributed by atoms with Crippen LogP contribution >= 0.6 is 0 Å². The summed E-state index contributed by atoms with van der Waals surface area (Å²) in [4.78, 5) is 6.59. The summed E-state index contributed by atoms with van der Waals surface area (Å²) in [5.41, 5.74) is 0. The fourth-order valence-corrected chi connectivity index (χ4v) is 1.54. The molecule has 0 amide bonds. The van der Waals surface area contributed by atoms with E-state index in [2.05, 4.69) is 48.1 Å². The van der Waals surface area contributed by atoms with Gasteiger partial charge < -0.3 is 10.2 Å². The summed E-state index contributed by atoms with van der Waals surface area (Å²) in [7, 11) is 2.14. The van der Waals surface area contributed by atoms with E-state index in [1.54, 1.807) is 6.33 Å². The van der Waals surface area contributed by atoms with Crippen LogP contribution in [0.5, 0.6) is 0 Å². The third-order valence-electron chi connectivity index (χ3n) is 2.94. The molecule has 1 aromatic rings. The van der Waals surface area contributed by atoms with Crippen molar-refractivity contribution in [2.45, 2.75) is 46.3 Å². The molecule has 0 atom stereocenters. The number of rotatable bonds is 8. The molecular weight excluding hydrogens is 214 g/mol. The lowest BCUT2D eigenvalue weighted by Gasteiger charge is -2.20. The molecule has 0 aromatic carbocycles. The number of aryl methyl sites for hydroxylation is 1. The van der Waals surface area contributed by atoms with E-state index in [9.17, 15) is 0 Å². The molecule has 0 saturated heterocycles. The van der Waals surface area contributed by atoms with Crippen LogP contribution in [0.25, 0.3) is 0 Å². The van der Waals surface area contributed by atoms with Crippen molar-refractivity contribution in [3.05, 3.63) is 12.2 Å². The second kappa shape index (κ2) is 7.40. The first-order valence-corrected chi connectivity index (χ1v) is 6.42. The first-order valence-electron chi connectivity index (χ1n) is 6.42. The van der Waals surface area contributed by atoms with Gasteiger partial charge in [0.15, 0.2) is 0 Å². The fraction of sp³-hybridized carbons (Fsp3) is 0.833. The van der Waals surface area contributed by atoms with E-state index in [0.29, 0.717) is 6.04 Å². The van der Waals surface area contributed by atoms with E-state index in [4.69, 9.17) is 0 Å². The summed E-state index contributed by atoms with van der Waals surface area (Å²) in [6, 6.07) is 0.598. The van der Waals surface area contributed by atoms with Crippen molar-refractivity contribution in [2.24, 2.45) is 0 Å². The maximum absolute atomic E-state index is 4.26. The van der Waals surface area contributed by atoms with Crippen LogP contribution in [0.4, 0.5) is 0 Å². The van der Waals surface area contributed by atoms with Gasteiger partial charge in [0.1, 0.15) is 12.2 Å². The summed E-state index contributed by atoms with van der Waals surface area (Å²) >= 11 is 0. The Bertz CT molecular complexity index is 308. The van der Waals surface area contributed by atoms with Gasteiger partial charge in [-0.3, -0.25) is 0 Å². The zero-order valence-corrected chi connectivity index (χ0v) is 11.5. The van der Waals surface area contributed by atoms with E-state index >= 15 is 0 Å². The quantitative estimate of drug-likeness (QED) is 0.691. The van der Waals surface area contributed by atoms with Crippen LogP contribution in [0.15, 0.2) is 6.33 Å². The van der Waals surface area contributed by atoms with Gasteiger partial charge in [0, 0.05) is 25.7 Å². The van der Waals surface area contributed by atoms with Crippen LogP contribution in [0, 0.1) is 0 Å². The second-order valence-electron chi connectivity index (χ2n) is 4.65. The molecule has 0 aliphatic carbocycles. The Kier molecular flexibility index (Phi) is 6.15. The highest BCUT2D eigenvalue weighted by Gasteiger charge is 2.04. The number of aromatic nitrogens is 3. The molecule has 1 aromatic heterocycles. The molecule has 0 spiro atoms. The smallest absolute Gasteiger partial charge is 0.140 e. The zero-order chi connectivity index (χ0) is 12.7. The van der Waals surface area contributed by atoms with Gasteiger partial charge in [0.25, 0.3) is 0 Å². The van der Waals surface area contributed by atoms with E-state index in [-0.39, 0.29) is 0 Å². The van der Waals surface area contributed by atoms with Gasteiger partial charge in [0.2, 0.25) is 0 Å². The first kappa shape index (κ1) is 14.1. The molecule has 5 heteroatoms. The third kappa shape index (κ3) is 4.83. The largest absolute Gasteiger partial charge is 0.309 e. The predicted molar refractivity (Wildman–Crippen MR) is 69.8 cm³/mol. The summed E-state index contributed by atoms with van der Waals surface area (Å²) in [5, 5.41) is 7.61. The molecule has 0 bridgehead atoms. The van der Waals surface area contributed by atoms with Gasteiger partial charge >= 0.3 is 0 Å². The van der Waals surface area contributed by atoms with Gasteiger partial charge in [-0.2, -0.15) is 5.10 Å². The van der Waals surface area contributed by atoms with E-state index in [0.717, 1.165) is 38.4 Å². The van der Waals surface area contributed by atoms with Gasteiger partial charge in [-0.15, -0.1) is 0 Å². The van der Waals surface area contributed by atoms with E-state index in [1.807, 2.05) is 4.68 Å². The Morgan fingerprint density at radius 1 is 1.47 bits per heavy atom. The fourth-order valence-electron chi connectivity index (χ4n) is 1.54.